The molecule has 1 aromatic heterocycles. The summed E-state index contributed by atoms with van der Waals surface area (Å²) in [6.45, 7) is 3.73. The number of halogens is 1. The third-order valence-corrected chi connectivity index (χ3v) is 3.75. The Morgan fingerprint density at radius 1 is 1.07 bits per heavy atom. The smallest absolute Gasteiger partial charge is 0.339 e. The first kappa shape index (κ1) is 20.4. The van der Waals surface area contributed by atoms with Crippen LogP contribution in [0, 0.1) is 0 Å². The van der Waals surface area contributed by atoms with Crippen LogP contribution in [0.3, 0.4) is 0 Å². The van der Waals surface area contributed by atoms with E-state index in [1.165, 1.54) is 18.3 Å². The molecule has 2 rings (SSSR count). The third-order valence-electron chi connectivity index (χ3n) is 3.54. The van der Waals surface area contributed by atoms with Gasteiger partial charge >= 0.3 is 11.9 Å². The van der Waals surface area contributed by atoms with Gasteiger partial charge in [0.25, 0.3) is 5.91 Å². The lowest BCUT2D eigenvalue weighted by molar-refractivity contribution is -0.124. The Balaban J connectivity index is 2.00. The van der Waals surface area contributed by atoms with Gasteiger partial charge < -0.3 is 14.8 Å². The molecule has 8 heteroatoms. The molecule has 0 fully saturated rings. The number of pyridine rings is 1. The van der Waals surface area contributed by atoms with Crippen molar-refractivity contribution in [2.24, 2.45) is 0 Å². The highest BCUT2D eigenvalue weighted by molar-refractivity contribution is 6.29. The molecule has 0 saturated carbocycles. The number of esters is 2. The van der Waals surface area contributed by atoms with E-state index < -0.39 is 23.9 Å². The number of benzene rings is 1. The van der Waals surface area contributed by atoms with Crippen LogP contribution in [0.25, 0.3) is 0 Å². The predicted octanol–water partition coefficient (Wildman–Crippen LogP) is 3.49. The summed E-state index contributed by atoms with van der Waals surface area (Å²) in [6.07, 6.45) is 0.691. The van der Waals surface area contributed by atoms with E-state index in [0.29, 0.717) is 11.3 Å². The van der Waals surface area contributed by atoms with Crippen LogP contribution in [0.5, 0.6) is 0 Å². The summed E-state index contributed by atoms with van der Waals surface area (Å²) in [4.78, 5) is 40.0. The number of hydrogen-bond donors (Lipinski definition) is 1. The zero-order chi connectivity index (χ0) is 19.8. The highest BCUT2D eigenvalue weighted by atomic mass is 35.5. The number of rotatable bonds is 7. The quantitative estimate of drug-likeness (QED) is 0.574. The molecule has 0 aliphatic heterocycles. The van der Waals surface area contributed by atoms with Gasteiger partial charge in [-0.05, 0) is 49.7 Å². The molecule has 142 valence electrons. The maximum absolute atomic E-state index is 12.4. The molecule has 0 aliphatic rings. The monoisotopic (exact) mass is 390 g/mol. The van der Waals surface area contributed by atoms with E-state index in [9.17, 15) is 14.4 Å². The van der Waals surface area contributed by atoms with Crippen molar-refractivity contribution in [2.75, 3.05) is 11.9 Å². The van der Waals surface area contributed by atoms with Crippen LogP contribution >= 0.6 is 11.6 Å². The lowest BCUT2D eigenvalue weighted by Crippen LogP contribution is -2.32. The van der Waals surface area contributed by atoms with Crippen LogP contribution in [0.2, 0.25) is 5.15 Å². The number of aromatic nitrogens is 1. The van der Waals surface area contributed by atoms with Crippen LogP contribution in [0.15, 0.2) is 42.6 Å². The summed E-state index contributed by atoms with van der Waals surface area (Å²) < 4.78 is 10.2. The van der Waals surface area contributed by atoms with Gasteiger partial charge in [-0.1, -0.05) is 18.5 Å². The SMILES string of the molecule is CCOC(=O)c1ccc(NC(=O)C(CC)OC(=O)c2ccnc(Cl)c2)cc1. The molecule has 27 heavy (non-hydrogen) atoms. The van der Waals surface area contributed by atoms with Gasteiger partial charge in [0.05, 0.1) is 17.7 Å². The van der Waals surface area contributed by atoms with Crippen molar-refractivity contribution in [3.63, 3.8) is 0 Å². The number of carbonyl (C=O) groups is 3. The van der Waals surface area contributed by atoms with Gasteiger partial charge in [0.2, 0.25) is 0 Å². The average molecular weight is 391 g/mol. The highest BCUT2D eigenvalue weighted by Gasteiger charge is 2.22. The molecule has 1 N–H and O–H groups in total. The number of nitrogens with one attached hydrogen (secondary N) is 1. The Hall–Kier alpha value is -2.93. The van der Waals surface area contributed by atoms with E-state index in [1.807, 2.05) is 0 Å². The maximum Gasteiger partial charge on any atom is 0.339 e. The lowest BCUT2D eigenvalue weighted by atomic mass is 10.2. The fraction of sp³-hybridized carbons (Fsp3) is 0.263. The van der Waals surface area contributed by atoms with Crippen molar-refractivity contribution >= 4 is 35.1 Å². The summed E-state index contributed by atoms with van der Waals surface area (Å²) in [7, 11) is 0. The second-order valence-electron chi connectivity index (χ2n) is 5.46. The third kappa shape index (κ3) is 5.79. The summed E-state index contributed by atoms with van der Waals surface area (Å²) in [5.74, 6) is -1.58. The van der Waals surface area contributed by atoms with Crippen LogP contribution in [0.1, 0.15) is 41.0 Å². The zero-order valence-electron chi connectivity index (χ0n) is 14.9. The molecule has 1 amide bonds. The molecular weight excluding hydrogens is 372 g/mol. The van der Waals surface area contributed by atoms with Gasteiger partial charge in [-0.3, -0.25) is 4.79 Å². The fourth-order valence-electron chi connectivity index (χ4n) is 2.18. The summed E-state index contributed by atoms with van der Waals surface area (Å²) in [5, 5.41) is 2.81. The van der Waals surface area contributed by atoms with E-state index in [2.05, 4.69) is 10.3 Å². The molecule has 0 radical (unpaired) electrons. The van der Waals surface area contributed by atoms with E-state index in [-0.39, 0.29) is 23.7 Å². The number of anilines is 1. The number of hydrogen-bond acceptors (Lipinski definition) is 6. The second-order valence-corrected chi connectivity index (χ2v) is 5.84. The number of amides is 1. The van der Waals surface area contributed by atoms with Gasteiger partial charge in [-0.25, -0.2) is 14.6 Å². The van der Waals surface area contributed by atoms with Crippen molar-refractivity contribution in [3.05, 3.63) is 58.9 Å². The number of ether oxygens (including phenoxy) is 2. The van der Waals surface area contributed by atoms with E-state index in [1.54, 1.807) is 38.1 Å². The molecule has 7 nitrogen and oxygen atoms in total. The van der Waals surface area contributed by atoms with Crippen molar-refractivity contribution in [3.8, 4) is 0 Å². The molecular formula is C19H19ClN2O5. The van der Waals surface area contributed by atoms with E-state index in [4.69, 9.17) is 21.1 Å². The van der Waals surface area contributed by atoms with Gasteiger partial charge in [0.15, 0.2) is 6.10 Å². The first-order valence-electron chi connectivity index (χ1n) is 8.35. The van der Waals surface area contributed by atoms with Crippen molar-refractivity contribution in [1.82, 2.24) is 4.98 Å². The topological polar surface area (TPSA) is 94.6 Å². The largest absolute Gasteiger partial charge is 0.462 e. The van der Waals surface area contributed by atoms with Gasteiger partial charge in [-0.2, -0.15) is 0 Å². The molecule has 0 bridgehead atoms. The van der Waals surface area contributed by atoms with Crippen molar-refractivity contribution in [2.45, 2.75) is 26.4 Å². The highest BCUT2D eigenvalue weighted by Crippen LogP contribution is 2.14. The summed E-state index contributed by atoms with van der Waals surface area (Å²) in [5.41, 5.74) is 1.05. The molecule has 1 heterocycles. The fourth-order valence-corrected chi connectivity index (χ4v) is 2.35. The number of carbonyl (C=O) groups excluding carboxylic acids is 3. The van der Waals surface area contributed by atoms with E-state index in [0.717, 1.165) is 0 Å². The van der Waals surface area contributed by atoms with Crippen LogP contribution < -0.4 is 5.32 Å². The molecule has 1 atom stereocenters. The van der Waals surface area contributed by atoms with Crippen molar-refractivity contribution in [1.29, 1.82) is 0 Å². The first-order chi connectivity index (χ1) is 12.9. The first-order valence-corrected chi connectivity index (χ1v) is 8.73. The van der Waals surface area contributed by atoms with E-state index >= 15 is 0 Å². The Morgan fingerprint density at radius 2 is 1.78 bits per heavy atom. The Kier molecular flexibility index (Phi) is 7.31. The second kappa shape index (κ2) is 9.68. The van der Waals surface area contributed by atoms with Crippen LogP contribution in [-0.4, -0.2) is 35.5 Å². The molecule has 0 spiro atoms. The Bertz CT molecular complexity index is 823. The zero-order valence-corrected chi connectivity index (χ0v) is 15.7. The summed E-state index contributed by atoms with van der Waals surface area (Å²) in [6, 6.07) is 9.04. The minimum atomic E-state index is -0.978. The van der Waals surface area contributed by atoms with Gasteiger partial charge in [0, 0.05) is 11.9 Å². The predicted molar refractivity (Wildman–Crippen MR) is 99.8 cm³/mol. The van der Waals surface area contributed by atoms with Crippen molar-refractivity contribution < 1.29 is 23.9 Å². The molecule has 2 aromatic rings. The number of nitrogens with zero attached hydrogens (tertiary/aromatic N) is 1. The Morgan fingerprint density at radius 3 is 2.37 bits per heavy atom. The normalized spacial score (nSPS) is 11.4. The standard InChI is InChI=1S/C19H19ClN2O5/c1-3-15(27-19(25)13-9-10-21-16(20)11-13)17(23)22-14-7-5-12(6-8-14)18(24)26-4-2/h5-11,15H,3-4H2,1-2H3,(H,22,23). The molecule has 1 unspecified atom stereocenters. The lowest BCUT2D eigenvalue weighted by Gasteiger charge is -2.16. The molecule has 0 aliphatic carbocycles. The maximum atomic E-state index is 12.4. The Labute approximate surface area is 161 Å². The van der Waals surface area contributed by atoms with Crippen LogP contribution in [0.4, 0.5) is 5.69 Å². The molecule has 0 saturated heterocycles. The molecule has 1 aromatic carbocycles. The van der Waals surface area contributed by atoms with Crippen LogP contribution in [-0.2, 0) is 14.3 Å². The summed E-state index contributed by atoms with van der Waals surface area (Å²) >= 11 is 5.75. The van der Waals surface area contributed by atoms with Gasteiger partial charge in [-0.15, -0.1) is 0 Å². The van der Waals surface area contributed by atoms with Gasteiger partial charge in [0.1, 0.15) is 5.15 Å². The minimum Gasteiger partial charge on any atom is -0.462 e. The average Bonchev–Trinajstić information content (AvgIpc) is 2.66. The minimum absolute atomic E-state index is 0.156.